The van der Waals surface area contributed by atoms with Crippen molar-refractivity contribution >= 4 is 26.7 Å². The van der Waals surface area contributed by atoms with E-state index in [1.807, 2.05) is 37.4 Å². The van der Waals surface area contributed by atoms with Crippen molar-refractivity contribution in [1.82, 2.24) is 9.55 Å². The Hall–Kier alpha value is -3.19. The van der Waals surface area contributed by atoms with Crippen molar-refractivity contribution in [1.29, 1.82) is 0 Å². The molecule has 3 aromatic carbocycles. The molecule has 1 N–H and O–H groups in total. The summed E-state index contributed by atoms with van der Waals surface area (Å²) in [5, 5.41) is 0. The molecule has 0 atom stereocenters. The molecular formula is C22H20FN3O2S. The monoisotopic (exact) mass is 409 g/mol. The molecule has 4 rings (SSSR count). The summed E-state index contributed by atoms with van der Waals surface area (Å²) in [5.41, 5.74) is 3.47. The smallest absolute Gasteiger partial charge is 0.261 e. The zero-order valence-corrected chi connectivity index (χ0v) is 16.7. The van der Waals surface area contributed by atoms with Gasteiger partial charge in [0.1, 0.15) is 11.6 Å². The van der Waals surface area contributed by atoms with Gasteiger partial charge in [0.15, 0.2) is 0 Å². The Kier molecular flexibility index (Phi) is 5.07. The zero-order valence-electron chi connectivity index (χ0n) is 15.8. The molecule has 0 saturated heterocycles. The molecule has 0 radical (unpaired) electrons. The van der Waals surface area contributed by atoms with Crippen molar-refractivity contribution < 1.29 is 12.8 Å². The van der Waals surface area contributed by atoms with Crippen LogP contribution in [0.15, 0.2) is 77.7 Å². The molecule has 0 aliphatic heterocycles. The predicted octanol–water partition coefficient (Wildman–Crippen LogP) is 4.30. The van der Waals surface area contributed by atoms with Crippen molar-refractivity contribution in [2.45, 2.75) is 17.7 Å². The fourth-order valence-corrected chi connectivity index (χ4v) is 4.39. The molecule has 148 valence electrons. The average molecular weight is 409 g/mol. The number of aryl methyl sites for hydroxylation is 3. The molecule has 0 unspecified atom stereocenters. The number of fused-ring (bicyclic) bond motifs is 1. The highest BCUT2D eigenvalue weighted by Crippen LogP contribution is 2.20. The summed E-state index contributed by atoms with van der Waals surface area (Å²) >= 11 is 0. The van der Waals surface area contributed by atoms with Gasteiger partial charge in [-0.25, -0.2) is 17.8 Å². The van der Waals surface area contributed by atoms with Crippen LogP contribution in [0.2, 0.25) is 0 Å². The number of sulfonamides is 1. The maximum atomic E-state index is 13.4. The fourth-order valence-electron chi connectivity index (χ4n) is 3.31. The minimum atomic E-state index is -3.85. The molecule has 0 bridgehead atoms. The maximum Gasteiger partial charge on any atom is 0.261 e. The van der Waals surface area contributed by atoms with Crippen LogP contribution < -0.4 is 4.72 Å². The summed E-state index contributed by atoms with van der Waals surface area (Å²) in [6.07, 6.45) is 1.44. The second-order valence-electron chi connectivity index (χ2n) is 6.84. The van der Waals surface area contributed by atoms with Gasteiger partial charge in [0.05, 0.1) is 15.9 Å². The number of anilines is 1. The van der Waals surface area contributed by atoms with Crippen molar-refractivity contribution in [3.63, 3.8) is 0 Å². The summed E-state index contributed by atoms with van der Waals surface area (Å²) in [5.74, 6) is 0.376. The molecule has 29 heavy (non-hydrogen) atoms. The first-order valence-electron chi connectivity index (χ1n) is 9.20. The van der Waals surface area contributed by atoms with E-state index in [9.17, 15) is 12.8 Å². The van der Waals surface area contributed by atoms with Gasteiger partial charge < -0.3 is 4.57 Å². The molecule has 0 fully saturated rings. The quantitative estimate of drug-likeness (QED) is 0.516. The zero-order chi connectivity index (χ0) is 20.4. The van der Waals surface area contributed by atoms with Crippen molar-refractivity contribution in [3.8, 4) is 0 Å². The Balaban J connectivity index is 1.50. The molecule has 0 saturated carbocycles. The van der Waals surface area contributed by atoms with Gasteiger partial charge in [-0.15, -0.1) is 0 Å². The fraction of sp³-hybridized carbons (Fsp3) is 0.136. The number of imidazole rings is 1. The Morgan fingerprint density at radius 3 is 2.55 bits per heavy atom. The van der Waals surface area contributed by atoms with Crippen LogP contribution >= 0.6 is 0 Å². The Bertz CT molecular complexity index is 1280. The first-order valence-corrected chi connectivity index (χ1v) is 10.7. The highest BCUT2D eigenvalue weighted by atomic mass is 32.2. The van der Waals surface area contributed by atoms with Gasteiger partial charge in [-0.1, -0.05) is 30.3 Å². The van der Waals surface area contributed by atoms with E-state index < -0.39 is 15.8 Å². The van der Waals surface area contributed by atoms with Crippen LogP contribution in [0, 0.1) is 5.82 Å². The highest BCUT2D eigenvalue weighted by Gasteiger charge is 2.15. The normalized spacial score (nSPS) is 11.7. The van der Waals surface area contributed by atoms with Crippen molar-refractivity contribution in [3.05, 3.63) is 90.0 Å². The van der Waals surface area contributed by atoms with Crippen molar-refractivity contribution in [2.75, 3.05) is 4.72 Å². The van der Waals surface area contributed by atoms with Gasteiger partial charge in [-0.3, -0.25) is 4.72 Å². The van der Waals surface area contributed by atoms with Crippen LogP contribution in [0.3, 0.4) is 0 Å². The van der Waals surface area contributed by atoms with E-state index in [4.69, 9.17) is 0 Å². The minimum Gasteiger partial charge on any atom is -0.331 e. The van der Waals surface area contributed by atoms with Crippen LogP contribution in [0.5, 0.6) is 0 Å². The first-order chi connectivity index (χ1) is 13.9. The Morgan fingerprint density at radius 2 is 1.76 bits per heavy atom. The molecule has 0 spiro atoms. The van der Waals surface area contributed by atoms with Crippen LogP contribution in [0.4, 0.5) is 10.1 Å². The Morgan fingerprint density at radius 1 is 0.966 bits per heavy atom. The van der Waals surface area contributed by atoms with Crippen LogP contribution in [-0.4, -0.2) is 18.0 Å². The van der Waals surface area contributed by atoms with Crippen LogP contribution in [0.25, 0.3) is 11.0 Å². The summed E-state index contributed by atoms with van der Waals surface area (Å²) in [4.78, 5) is 4.56. The summed E-state index contributed by atoms with van der Waals surface area (Å²) in [7, 11) is -1.86. The third kappa shape index (κ3) is 4.14. The van der Waals surface area contributed by atoms with E-state index >= 15 is 0 Å². The summed E-state index contributed by atoms with van der Waals surface area (Å²) in [6.45, 7) is 0. The first kappa shape index (κ1) is 19.1. The molecule has 0 amide bonds. The average Bonchev–Trinajstić information content (AvgIpc) is 3.02. The molecule has 0 aliphatic rings. The predicted molar refractivity (Wildman–Crippen MR) is 112 cm³/mol. The number of rotatable bonds is 6. The molecule has 1 aromatic heterocycles. The number of para-hydroxylation sites is 2. The minimum absolute atomic E-state index is 0.109. The van der Waals surface area contributed by atoms with E-state index in [2.05, 4.69) is 14.3 Å². The van der Waals surface area contributed by atoms with Gasteiger partial charge in [-0.2, -0.15) is 0 Å². The van der Waals surface area contributed by atoms with Gasteiger partial charge in [0.2, 0.25) is 0 Å². The largest absolute Gasteiger partial charge is 0.331 e. The second-order valence-corrected chi connectivity index (χ2v) is 8.52. The number of hydrogen-bond acceptors (Lipinski definition) is 3. The second kappa shape index (κ2) is 7.67. The number of halogens is 1. The van der Waals surface area contributed by atoms with Gasteiger partial charge in [0.25, 0.3) is 10.0 Å². The number of benzene rings is 3. The van der Waals surface area contributed by atoms with Gasteiger partial charge in [-0.05, 0) is 54.4 Å². The third-order valence-electron chi connectivity index (χ3n) is 4.80. The lowest BCUT2D eigenvalue weighted by Crippen LogP contribution is -2.13. The number of aromatic nitrogens is 2. The topological polar surface area (TPSA) is 64.0 Å². The maximum absolute atomic E-state index is 13.4. The molecule has 7 heteroatoms. The third-order valence-corrected chi connectivity index (χ3v) is 6.18. The number of nitrogens with one attached hydrogen (secondary N) is 1. The molecular weight excluding hydrogens is 389 g/mol. The van der Waals surface area contributed by atoms with E-state index in [1.165, 1.54) is 18.2 Å². The van der Waals surface area contributed by atoms with Crippen LogP contribution in [-0.2, 0) is 29.9 Å². The lowest BCUT2D eigenvalue weighted by atomic mass is 10.1. The lowest BCUT2D eigenvalue weighted by Gasteiger charge is -2.10. The molecule has 0 aliphatic carbocycles. The summed E-state index contributed by atoms with van der Waals surface area (Å²) < 4.78 is 43.0. The Labute approximate surface area is 168 Å². The number of hydrogen-bond donors (Lipinski definition) is 1. The molecule has 5 nitrogen and oxygen atoms in total. The van der Waals surface area contributed by atoms with Gasteiger partial charge >= 0.3 is 0 Å². The van der Waals surface area contributed by atoms with Gasteiger partial charge in [0, 0.05) is 19.2 Å². The van der Waals surface area contributed by atoms with E-state index in [-0.39, 0.29) is 4.90 Å². The van der Waals surface area contributed by atoms with Crippen LogP contribution in [0.1, 0.15) is 11.4 Å². The van der Waals surface area contributed by atoms with E-state index in [0.717, 1.165) is 34.9 Å². The van der Waals surface area contributed by atoms with Crippen molar-refractivity contribution in [2.24, 2.45) is 7.05 Å². The standard InChI is InChI=1S/C22H20FN3O2S/c1-26-21-11-3-2-10-20(21)24-22(26)13-12-16-6-4-8-18(14-16)25-29(27,28)19-9-5-7-17(23)15-19/h2-11,14-15,25H,12-13H2,1H3. The molecule has 1 heterocycles. The SMILES string of the molecule is Cn1c(CCc2cccc(NS(=O)(=O)c3cccc(F)c3)c2)nc2ccccc21. The highest BCUT2D eigenvalue weighted by molar-refractivity contribution is 7.92. The summed E-state index contributed by atoms with van der Waals surface area (Å²) in [6, 6.07) is 20.1. The lowest BCUT2D eigenvalue weighted by molar-refractivity contribution is 0.595. The number of nitrogens with zero attached hydrogens (tertiary/aromatic N) is 2. The molecule has 4 aromatic rings. The van der Waals surface area contributed by atoms with E-state index in [1.54, 1.807) is 18.2 Å². The van der Waals surface area contributed by atoms with E-state index in [0.29, 0.717) is 12.1 Å².